The van der Waals surface area contributed by atoms with Crippen molar-refractivity contribution in [3.05, 3.63) is 24.0 Å². The molecule has 2 heteroatoms. The average molecular weight is 196 g/mol. The van der Waals surface area contributed by atoms with Crippen LogP contribution >= 0.6 is 0 Å². The van der Waals surface area contributed by atoms with Crippen molar-refractivity contribution < 1.29 is 9.84 Å². The second-order valence-corrected chi connectivity index (χ2v) is 3.78. The van der Waals surface area contributed by atoms with Crippen LogP contribution in [0.5, 0.6) is 0 Å². The molecule has 0 aromatic carbocycles. The molecule has 2 nitrogen and oxygen atoms in total. The molecule has 0 heterocycles. The van der Waals surface area contributed by atoms with Gasteiger partial charge in [0.05, 0.1) is 19.0 Å². The number of rotatable bonds is 4. The molecule has 80 valence electrons. The molecule has 0 radical (unpaired) electrons. The molecule has 0 bridgehead atoms. The van der Waals surface area contributed by atoms with Gasteiger partial charge in [0.2, 0.25) is 0 Å². The van der Waals surface area contributed by atoms with Gasteiger partial charge in [-0.1, -0.05) is 19.4 Å². The van der Waals surface area contributed by atoms with Crippen LogP contribution in [0.25, 0.3) is 0 Å². The largest absolute Gasteiger partial charge is 0.501 e. The molecule has 1 aliphatic carbocycles. The lowest BCUT2D eigenvalue weighted by atomic mass is 9.85. The van der Waals surface area contributed by atoms with Gasteiger partial charge in [0, 0.05) is 0 Å². The van der Waals surface area contributed by atoms with E-state index < -0.39 is 0 Å². The third kappa shape index (κ3) is 3.54. The van der Waals surface area contributed by atoms with Gasteiger partial charge in [0.15, 0.2) is 0 Å². The van der Waals surface area contributed by atoms with E-state index in [9.17, 15) is 5.11 Å². The van der Waals surface area contributed by atoms with Crippen LogP contribution in [-0.4, -0.2) is 17.8 Å². The zero-order chi connectivity index (χ0) is 10.4. The molecule has 0 aromatic heterocycles. The Balaban J connectivity index is 2.50. The molecule has 1 aliphatic rings. The highest BCUT2D eigenvalue weighted by molar-refractivity contribution is 5.22. The Morgan fingerprint density at radius 3 is 3.00 bits per heavy atom. The molecule has 0 aliphatic heterocycles. The van der Waals surface area contributed by atoms with Crippen LogP contribution in [0.1, 0.15) is 33.1 Å². The van der Waals surface area contributed by atoms with Crippen molar-refractivity contribution in [2.75, 3.05) is 6.61 Å². The number of hydrogen-bond donors (Lipinski definition) is 1. The highest BCUT2D eigenvalue weighted by Gasteiger charge is 2.18. The van der Waals surface area contributed by atoms with Crippen molar-refractivity contribution in [3.63, 3.8) is 0 Å². The molecule has 0 amide bonds. The molecule has 0 saturated heterocycles. The Morgan fingerprint density at radius 1 is 1.57 bits per heavy atom. The second-order valence-electron chi connectivity index (χ2n) is 3.78. The maximum absolute atomic E-state index is 9.59. The lowest BCUT2D eigenvalue weighted by Gasteiger charge is -2.23. The van der Waals surface area contributed by atoms with E-state index in [-0.39, 0.29) is 6.10 Å². The van der Waals surface area contributed by atoms with Gasteiger partial charge in [-0.3, -0.25) is 0 Å². The van der Waals surface area contributed by atoms with E-state index in [1.54, 1.807) is 6.26 Å². The van der Waals surface area contributed by atoms with Crippen LogP contribution in [0, 0.1) is 5.92 Å². The van der Waals surface area contributed by atoms with Crippen molar-refractivity contribution in [1.82, 2.24) is 0 Å². The third-order valence-corrected chi connectivity index (χ3v) is 2.63. The predicted octanol–water partition coefficient (Wildman–Crippen LogP) is 2.64. The molecule has 1 N–H and O–H groups in total. The van der Waals surface area contributed by atoms with Gasteiger partial charge in [-0.05, 0) is 37.3 Å². The molecule has 14 heavy (non-hydrogen) atoms. The fourth-order valence-electron chi connectivity index (χ4n) is 1.81. The minimum atomic E-state index is -0.269. The summed E-state index contributed by atoms with van der Waals surface area (Å²) in [6.45, 7) is 4.83. The smallest absolute Gasteiger partial charge is 0.0845 e. The minimum absolute atomic E-state index is 0.269. The van der Waals surface area contributed by atoms with Crippen molar-refractivity contribution in [3.8, 4) is 0 Å². The Morgan fingerprint density at radius 2 is 2.36 bits per heavy atom. The van der Waals surface area contributed by atoms with Crippen molar-refractivity contribution in [1.29, 1.82) is 0 Å². The number of hydrogen-bond acceptors (Lipinski definition) is 2. The Hall–Kier alpha value is -0.760. The Kier molecular flexibility index (Phi) is 4.74. The van der Waals surface area contributed by atoms with Gasteiger partial charge in [0.25, 0.3) is 0 Å². The van der Waals surface area contributed by atoms with Gasteiger partial charge in [-0.15, -0.1) is 0 Å². The zero-order valence-electron chi connectivity index (χ0n) is 9.07. The van der Waals surface area contributed by atoms with E-state index in [0.29, 0.717) is 12.5 Å². The van der Waals surface area contributed by atoms with E-state index in [1.165, 1.54) is 5.57 Å². The van der Waals surface area contributed by atoms with E-state index in [4.69, 9.17) is 4.74 Å². The first-order chi connectivity index (χ1) is 6.76. The highest BCUT2D eigenvalue weighted by atomic mass is 16.5. The summed E-state index contributed by atoms with van der Waals surface area (Å²) in [5, 5.41) is 9.59. The molecule has 0 unspecified atom stereocenters. The number of allylic oxidation sites excluding steroid dienone is 2. The van der Waals surface area contributed by atoms with E-state index >= 15 is 0 Å². The van der Waals surface area contributed by atoms with Crippen LogP contribution in [0.2, 0.25) is 0 Å². The SMILES string of the molecule is CCO/C=C/C1=C[C@@H](O)C[C@@H](CC)C1. The standard InChI is InChI=1S/C12H20O2/c1-3-10-7-11(5-6-14-4-2)9-12(13)8-10/h5-6,9-10,12-13H,3-4,7-8H2,1-2H3/b6-5+/t10-,12-/m0/s1. The summed E-state index contributed by atoms with van der Waals surface area (Å²) < 4.78 is 5.14. The summed E-state index contributed by atoms with van der Waals surface area (Å²) in [5.74, 6) is 0.622. The minimum Gasteiger partial charge on any atom is -0.501 e. The van der Waals surface area contributed by atoms with Crippen LogP contribution in [0.3, 0.4) is 0 Å². The summed E-state index contributed by atoms with van der Waals surface area (Å²) in [5.41, 5.74) is 1.20. The zero-order valence-corrected chi connectivity index (χ0v) is 9.07. The summed E-state index contributed by atoms with van der Waals surface area (Å²) in [6, 6.07) is 0. The maximum Gasteiger partial charge on any atom is 0.0845 e. The van der Waals surface area contributed by atoms with Gasteiger partial charge in [0.1, 0.15) is 0 Å². The van der Waals surface area contributed by atoms with Gasteiger partial charge in [-0.2, -0.15) is 0 Å². The molecule has 2 atom stereocenters. The Bertz CT molecular complexity index is 218. The normalized spacial score (nSPS) is 27.8. The lowest BCUT2D eigenvalue weighted by molar-refractivity contribution is 0.174. The highest BCUT2D eigenvalue weighted by Crippen LogP contribution is 2.27. The first kappa shape index (κ1) is 11.3. The van der Waals surface area contributed by atoms with Gasteiger partial charge < -0.3 is 9.84 Å². The summed E-state index contributed by atoms with van der Waals surface area (Å²) >= 11 is 0. The number of aliphatic hydroxyl groups is 1. The fraction of sp³-hybridized carbons (Fsp3) is 0.667. The molecule has 0 spiro atoms. The first-order valence-electron chi connectivity index (χ1n) is 5.43. The third-order valence-electron chi connectivity index (χ3n) is 2.63. The van der Waals surface area contributed by atoms with Crippen LogP contribution < -0.4 is 0 Å². The summed E-state index contributed by atoms with van der Waals surface area (Å²) in [4.78, 5) is 0. The topological polar surface area (TPSA) is 29.5 Å². The van der Waals surface area contributed by atoms with E-state index in [2.05, 4.69) is 6.92 Å². The Labute approximate surface area is 86.3 Å². The molecule has 1 rings (SSSR count). The van der Waals surface area contributed by atoms with Gasteiger partial charge >= 0.3 is 0 Å². The maximum atomic E-state index is 9.59. The quantitative estimate of drug-likeness (QED) is 0.700. The molecule has 0 aromatic rings. The molecular formula is C12H20O2. The monoisotopic (exact) mass is 196 g/mol. The van der Waals surface area contributed by atoms with Crippen molar-refractivity contribution in [2.24, 2.45) is 5.92 Å². The predicted molar refractivity (Wildman–Crippen MR) is 57.9 cm³/mol. The van der Waals surface area contributed by atoms with Gasteiger partial charge in [-0.25, -0.2) is 0 Å². The fourth-order valence-corrected chi connectivity index (χ4v) is 1.81. The number of aliphatic hydroxyl groups excluding tert-OH is 1. The van der Waals surface area contributed by atoms with Crippen molar-refractivity contribution >= 4 is 0 Å². The summed E-state index contributed by atoms with van der Waals surface area (Å²) in [7, 11) is 0. The number of ether oxygens (including phenoxy) is 1. The average Bonchev–Trinajstić information content (AvgIpc) is 2.17. The van der Waals surface area contributed by atoms with Crippen LogP contribution in [0.4, 0.5) is 0 Å². The second kappa shape index (κ2) is 5.86. The molecule has 0 saturated carbocycles. The first-order valence-corrected chi connectivity index (χ1v) is 5.43. The van der Waals surface area contributed by atoms with E-state index in [0.717, 1.165) is 19.3 Å². The van der Waals surface area contributed by atoms with Crippen LogP contribution in [-0.2, 0) is 4.74 Å². The summed E-state index contributed by atoms with van der Waals surface area (Å²) in [6.07, 6.45) is 8.46. The molecular weight excluding hydrogens is 176 g/mol. The van der Waals surface area contributed by atoms with E-state index in [1.807, 2.05) is 19.1 Å². The lowest BCUT2D eigenvalue weighted by Crippen LogP contribution is -2.17. The van der Waals surface area contributed by atoms with Crippen LogP contribution in [0.15, 0.2) is 24.0 Å². The van der Waals surface area contributed by atoms with Crippen molar-refractivity contribution in [2.45, 2.75) is 39.2 Å². The molecule has 0 fully saturated rings.